The SMILES string of the molecule is Cc1cc(C(=O)N2CCC(c3nc4ccccc4s3)CC2)no1. The first kappa shape index (κ1) is 14.4. The predicted molar refractivity (Wildman–Crippen MR) is 88.7 cm³/mol. The summed E-state index contributed by atoms with van der Waals surface area (Å²) in [4.78, 5) is 19.0. The molecule has 0 radical (unpaired) electrons. The van der Waals surface area contributed by atoms with E-state index < -0.39 is 0 Å². The Balaban J connectivity index is 1.45. The van der Waals surface area contributed by atoms with E-state index in [2.05, 4.69) is 17.3 Å². The number of rotatable bonds is 2. The maximum Gasteiger partial charge on any atom is 0.276 e. The van der Waals surface area contributed by atoms with Gasteiger partial charge in [-0.3, -0.25) is 4.79 Å². The normalized spacial score (nSPS) is 16.1. The van der Waals surface area contributed by atoms with Crippen LogP contribution < -0.4 is 0 Å². The van der Waals surface area contributed by atoms with Gasteiger partial charge in [0.15, 0.2) is 5.69 Å². The number of carbonyl (C=O) groups is 1. The number of aryl methyl sites for hydroxylation is 1. The molecule has 2 aromatic heterocycles. The highest BCUT2D eigenvalue weighted by Gasteiger charge is 2.27. The lowest BCUT2D eigenvalue weighted by atomic mass is 9.97. The van der Waals surface area contributed by atoms with E-state index in [0.717, 1.165) is 31.4 Å². The minimum absolute atomic E-state index is 0.0374. The molecule has 1 saturated heterocycles. The van der Waals surface area contributed by atoms with Gasteiger partial charge in [0.2, 0.25) is 0 Å². The Morgan fingerprint density at radius 2 is 2.09 bits per heavy atom. The highest BCUT2D eigenvalue weighted by molar-refractivity contribution is 7.18. The van der Waals surface area contributed by atoms with Gasteiger partial charge in [-0.15, -0.1) is 11.3 Å². The Bertz CT molecular complexity index is 813. The monoisotopic (exact) mass is 327 g/mol. The second-order valence-corrected chi connectivity index (χ2v) is 6.97. The summed E-state index contributed by atoms with van der Waals surface area (Å²) >= 11 is 1.77. The number of carbonyl (C=O) groups excluding carboxylic acids is 1. The van der Waals surface area contributed by atoms with Crippen molar-refractivity contribution >= 4 is 27.5 Å². The maximum atomic E-state index is 12.4. The first-order valence-corrected chi connectivity index (χ1v) is 8.60. The molecular formula is C17H17N3O2S. The van der Waals surface area contributed by atoms with Gasteiger partial charge in [-0.25, -0.2) is 4.98 Å². The van der Waals surface area contributed by atoms with Crippen LogP contribution in [0.1, 0.15) is 40.0 Å². The van der Waals surface area contributed by atoms with Crippen LogP contribution in [0, 0.1) is 6.92 Å². The third kappa shape index (κ3) is 2.74. The van der Waals surface area contributed by atoms with E-state index in [-0.39, 0.29) is 5.91 Å². The van der Waals surface area contributed by atoms with Gasteiger partial charge in [0, 0.05) is 25.1 Å². The Morgan fingerprint density at radius 3 is 2.78 bits per heavy atom. The van der Waals surface area contributed by atoms with Crippen LogP contribution in [0.25, 0.3) is 10.2 Å². The number of aromatic nitrogens is 2. The average Bonchev–Trinajstić information content (AvgIpc) is 3.20. The lowest BCUT2D eigenvalue weighted by molar-refractivity contribution is 0.0702. The predicted octanol–water partition coefficient (Wildman–Crippen LogP) is 3.61. The topological polar surface area (TPSA) is 59.2 Å². The molecular weight excluding hydrogens is 310 g/mol. The summed E-state index contributed by atoms with van der Waals surface area (Å²) in [6, 6.07) is 9.93. The lowest BCUT2D eigenvalue weighted by Gasteiger charge is -2.30. The van der Waals surface area contributed by atoms with Gasteiger partial charge in [0.25, 0.3) is 5.91 Å². The van der Waals surface area contributed by atoms with Crippen LogP contribution in [0.4, 0.5) is 0 Å². The molecule has 5 nitrogen and oxygen atoms in total. The molecule has 1 aliphatic heterocycles. The zero-order valence-electron chi connectivity index (χ0n) is 12.9. The minimum atomic E-state index is -0.0374. The molecule has 0 spiro atoms. The summed E-state index contributed by atoms with van der Waals surface area (Å²) in [7, 11) is 0. The fraction of sp³-hybridized carbons (Fsp3) is 0.353. The van der Waals surface area contributed by atoms with Crippen LogP contribution in [0.15, 0.2) is 34.9 Å². The molecule has 0 saturated carbocycles. The molecule has 23 heavy (non-hydrogen) atoms. The fourth-order valence-corrected chi connectivity index (χ4v) is 4.16. The van der Waals surface area contributed by atoms with Gasteiger partial charge in [-0.05, 0) is 31.9 Å². The summed E-state index contributed by atoms with van der Waals surface area (Å²) < 4.78 is 6.23. The molecule has 4 rings (SSSR count). The summed E-state index contributed by atoms with van der Waals surface area (Å²) in [5.74, 6) is 1.07. The highest BCUT2D eigenvalue weighted by atomic mass is 32.1. The van der Waals surface area contributed by atoms with Crippen molar-refractivity contribution in [1.82, 2.24) is 15.0 Å². The third-order valence-electron chi connectivity index (χ3n) is 4.29. The third-order valence-corrected chi connectivity index (χ3v) is 5.49. The van der Waals surface area contributed by atoms with E-state index in [1.807, 2.05) is 17.0 Å². The van der Waals surface area contributed by atoms with Crippen LogP contribution in [-0.4, -0.2) is 34.0 Å². The number of para-hydroxylation sites is 1. The summed E-state index contributed by atoms with van der Waals surface area (Å²) in [5, 5.41) is 5.01. The van der Waals surface area contributed by atoms with E-state index >= 15 is 0 Å². The van der Waals surface area contributed by atoms with Crippen molar-refractivity contribution < 1.29 is 9.32 Å². The molecule has 3 heterocycles. The van der Waals surface area contributed by atoms with Crippen molar-refractivity contribution in [2.75, 3.05) is 13.1 Å². The minimum Gasteiger partial charge on any atom is -0.361 e. The van der Waals surface area contributed by atoms with Gasteiger partial charge in [-0.1, -0.05) is 17.3 Å². The summed E-state index contributed by atoms with van der Waals surface area (Å²) in [6.45, 7) is 3.28. The maximum absolute atomic E-state index is 12.4. The number of amides is 1. The van der Waals surface area contributed by atoms with Crippen LogP contribution in [0.2, 0.25) is 0 Å². The van der Waals surface area contributed by atoms with Crippen molar-refractivity contribution in [3.8, 4) is 0 Å². The number of fused-ring (bicyclic) bond motifs is 1. The number of likely N-dealkylation sites (tertiary alicyclic amines) is 1. The number of hydrogen-bond acceptors (Lipinski definition) is 5. The number of piperidine rings is 1. The average molecular weight is 327 g/mol. The van der Waals surface area contributed by atoms with Crippen LogP contribution in [0.5, 0.6) is 0 Å². The Kier molecular flexibility index (Phi) is 3.61. The van der Waals surface area contributed by atoms with Gasteiger partial charge in [0.1, 0.15) is 5.76 Å². The molecule has 0 aliphatic carbocycles. The zero-order chi connectivity index (χ0) is 15.8. The molecule has 1 fully saturated rings. The molecule has 0 atom stereocenters. The lowest BCUT2D eigenvalue weighted by Crippen LogP contribution is -2.38. The largest absolute Gasteiger partial charge is 0.361 e. The quantitative estimate of drug-likeness (QED) is 0.721. The van der Waals surface area contributed by atoms with Crippen molar-refractivity contribution in [1.29, 1.82) is 0 Å². The van der Waals surface area contributed by atoms with Gasteiger partial charge in [0.05, 0.1) is 15.2 Å². The van der Waals surface area contributed by atoms with E-state index in [4.69, 9.17) is 9.51 Å². The second-order valence-electron chi connectivity index (χ2n) is 5.91. The molecule has 0 unspecified atom stereocenters. The molecule has 0 N–H and O–H groups in total. The van der Waals surface area contributed by atoms with E-state index in [1.54, 1.807) is 24.3 Å². The molecule has 1 amide bonds. The van der Waals surface area contributed by atoms with Gasteiger partial charge in [-0.2, -0.15) is 0 Å². The number of hydrogen-bond donors (Lipinski definition) is 0. The van der Waals surface area contributed by atoms with E-state index in [0.29, 0.717) is 17.4 Å². The summed E-state index contributed by atoms with van der Waals surface area (Å²) in [6.07, 6.45) is 1.89. The Morgan fingerprint density at radius 1 is 1.30 bits per heavy atom. The molecule has 118 valence electrons. The van der Waals surface area contributed by atoms with Gasteiger partial charge >= 0.3 is 0 Å². The highest BCUT2D eigenvalue weighted by Crippen LogP contribution is 2.34. The molecule has 1 aromatic carbocycles. The van der Waals surface area contributed by atoms with Crippen LogP contribution >= 0.6 is 11.3 Å². The van der Waals surface area contributed by atoms with Crippen molar-refractivity contribution in [3.05, 3.63) is 46.8 Å². The second kappa shape index (κ2) is 5.77. The van der Waals surface area contributed by atoms with Crippen LogP contribution in [0.3, 0.4) is 0 Å². The van der Waals surface area contributed by atoms with Crippen LogP contribution in [-0.2, 0) is 0 Å². The van der Waals surface area contributed by atoms with Gasteiger partial charge < -0.3 is 9.42 Å². The standard InChI is InChI=1S/C17H17N3O2S/c1-11-10-14(19-22-11)17(21)20-8-6-12(7-9-20)16-18-13-4-2-3-5-15(13)23-16/h2-5,10,12H,6-9H2,1H3. The zero-order valence-corrected chi connectivity index (χ0v) is 13.7. The smallest absolute Gasteiger partial charge is 0.276 e. The molecule has 6 heteroatoms. The van der Waals surface area contributed by atoms with Crippen molar-refractivity contribution in [2.45, 2.75) is 25.7 Å². The van der Waals surface area contributed by atoms with Crippen molar-refractivity contribution in [3.63, 3.8) is 0 Å². The first-order chi connectivity index (χ1) is 11.2. The fourth-order valence-electron chi connectivity index (χ4n) is 3.02. The van der Waals surface area contributed by atoms with E-state index in [9.17, 15) is 4.79 Å². The Hall–Kier alpha value is -2.21. The molecule has 0 bridgehead atoms. The van der Waals surface area contributed by atoms with E-state index in [1.165, 1.54) is 9.71 Å². The number of benzene rings is 1. The van der Waals surface area contributed by atoms with Crippen molar-refractivity contribution in [2.24, 2.45) is 0 Å². The Labute approximate surface area is 137 Å². The first-order valence-electron chi connectivity index (χ1n) is 7.79. The number of nitrogens with zero attached hydrogens (tertiary/aromatic N) is 3. The molecule has 3 aromatic rings. The molecule has 1 aliphatic rings. The number of thiazole rings is 1. The summed E-state index contributed by atoms with van der Waals surface area (Å²) in [5.41, 5.74) is 1.48.